The van der Waals surface area contributed by atoms with Crippen molar-refractivity contribution in [3.63, 3.8) is 0 Å². The van der Waals surface area contributed by atoms with Crippen molar-refractivity contribution in [2.45, 2.75) is 41.9 Å². The lowest BCUT2D eigenvalue weighted by Crippen LogP contribution is -2.43. The Balaban J connectivity index is 1.15. The fourth-order valence-electron chi connectivity index (χ4n) is 8.62. The van der Waals surface area contributed by atoms with Crippen LogP contribution in [-0.4, -0.2) is 59.7 Å². The van der Waals surface area contributed by atoms with E-state index in [9.17, 15) is 19.2 Å². The molecule has 12 heteroatoms. The van der Waals surface area contributed by atoms with Crippen LogP contribution in [-0.2, 0) is 14.4 Å². The number of hydrogen-bond donors (Lipinski definition) is 1. The summed E-state index contributed by atoms with van der Waals surface area (Å²) in [5, 5.41) is 1.35. The van der Waals surface area contributed by atoms with E-state index in [0.717, 1.165) is 54.2 Å². The number of piperidine rings is 1. The monoisotopic (exact) mass is 665 g/mol. The quantitative estimate of drug-likeness (QED) is 0.362. The average molecular weight is 666 g/mol. The molecule has 1 aromatic heterocycles. The van der Waals surface area contributed by atoms with Gasteiger partial charge in [0.05, 0.1) is 29.7 Å². The smallest absolute Gasteiger partial charge is 0.305 e. The van der Waals surface area contributed by atoms with E-state index in [-0.39, 0.29) is 58.1 Å². The minimum absolute atomic E-state index is 0.0158. The first-order valence-electron chi connectivity index (χ1n) is 15.5. The van der Waals surface area contributed by atoms with Gasteiger partial charge in [0, 0.05) is 39.7 Å². The molecule has 4 heterocycles. The van der Waals surface area contributed by atoms with Crippen LogP contribution in [0.2, 0.25) is 5.02 Å². The number of anilines is 1. The minimum Gasteiger partial charge on any atom is -0.497 e. The Kier molecular flexibility index (Phi) is 7.26. The Hall–Kier alpha value is -3.28. The lowest BCUT2D eigenvalue weighted by Gasteiger charge is -2.43. The zero-order valence-electron chi connectivity index (χ0n) is 24.6. The number of nitrogens with one attached hydrogen (secondary N) is 1. The summed E-state index contributed by atoms with van der Waals surface area (Å²) in [7, 11) is 1.58. The van der Waals surface area contributed by atoms with Gasteiger partial charge in [-0.3, -0.25) is 24.1 Å². The molecule has 3 aliphatic heterocycles. The molecule has 45 heavy (non-hydrogen) atoms. The molecular formula is C33H32ClN3O6S2. The van der Waals surface area contributed by atoms with Gasteiger partial charge in [-0.25, -0.2) is 0 Å². The fourth-order valence-corrected chi connectivity index (χ4v) is 11.7. The first-order chi connectivity index (χ1) is 21.8. The van der Waals surface area contributed by atoms with Crippen LogP contribution in [0.5, 0.6) is 11.5 Å². The van der Waals surface area contributed by atoms with Gasteiger partial charge in [0.2, 0.25) is 11.8 Å². The number of H-pyrrole nitrogens is 1. The predicted molar refractivity (Wildman–Crippen MR) is 171 cm³/mol. The molecule has 2 saturated heterocycles. The Morgan fingerprint density at radius 3 is 2.47 bits per heavy atom. The van der Waals surface area contributed by atoms with Crippen LogP contribution >= 0.6 is 34.7 Å². The highest BCUT2D eigenvalue weighted by molar-refractivity contribution is 8.00. The summed E-state index contributed by atoms with van der Waals surface area (Å²) in [4.78, 5) is 60.8. The molecule has 234 valence electrons. The number of ether oxygens (including phenoxy) is 2. The predicted octanol–water partition coefficient (Wildman–Crippen LogP) is 5.17. The average Bonchev–Trinajstić information content (AvgIpc) is 3.79. The number of methoxy groups -OCH3 is 1. The van der Waals surface area contributed by atoms with E-state index in [2.05, 4.69) is 4.98 Å². The second-order valence-electron chi connectivity index (χ2n) is 12.6. The summed E-state index contributed by atoms with van der Waals surface area (Å²) in [5.41, 5.74) is 1.37. The first-order valence-corrected chi connectivity index (χ1v) is 17.5. The lowest BCUT2D eigenvalue weighted by molar-refractivity contribution is -0.134. The highest BCUT2D eigenvalue weighted by Gasteiger charge is 2.69. The number of aromatic amines is 1. The second-order valence-corrected chi connectivity index (χ2v) is 15.2. The molecule has 8 rings (SSSR count). The zero-order valence-corrected chi connectivity index (χ0v) is 27.0. The molecule has 5 aliphatic rings. The zero-order chi connectivity index (χ0) is 31.0. The topological polar surface area (TPSA) is 109 Å². The summed E-state index contributed by atoms with van der Waals surface area (Å²) in [6.07, 6.45) is 3.90. The number of benzene rings is 2. The van der Waals surface area contributed by atoms with Gasteiger partial charge in [0.25, 0.3) is 5.91 Å². The molecule has 2 aromatic carbocycles. The van der Waals surface area contributed by atoms with Gasteiger partial charge in [-0.1, -0.05) is 22.9 Å². The van der Waals surface area contributed by atoms with E-state index in [4.69, 9.17) is 21.1 Å². The van der Waals surface area contributed by atoms with Gasteiger partial charge in [-0.2, -0.15) is 0 Å². The van der Waals surface area contributed by atoms with Crippen molar-refractivity contribution < 1.29 is 23.9 Å². The van der Waals surface area contributed by atoms with E-state index < -0.39 is 11.8 Å². The number of aromatic nitrogens is 1. The normalized spacial score (nSPS) is 29.9. The Labute approximate surface area is 273 Å². The van der Waals surface area contributed by atoms with E-state index >= 15 is 0 Å². The van der Waals surface area contributed by atoms with Crippen molar-refractivity contribution in [3.8, 4) is 11.5 Å². The number of imide groups is 1. The lowest BCUT2D eigenvalue weighted by atomic mass is 9.68. The van der Waals surface area contributed by atoms with Crippen LogP contribution in [0, 0.1) is 29.6 Å². The van der Waals surface area contributed by atoms with E-state index in [1.54, 1.807) is 55.3 Å². The maximum Gasteiger partial charge on any atom is 0.305 e. The summed E-state index contributed by atoms with van der Waals surface area (Å²) in [5.74, 6) is -0.351. The van der Waals surface area contributed by atoms with Gasteiger partial charge in [-0.05, 0) is 85.9 Å². The number of halogens is 1. The maximum absolute atomic E-state index is 14.1. The van der Waals surface area contributed by atoms with Crippen molar-refractivity contribution in [2.24, 2.45) is 29.6 Å². The molecule has 0 spiro atoms. The highest BCUT2D eigenvalue weighted by Crippen LogP contribution is 2.69. The molecular weight excluding hydrogens is 634 g/mol. The van der Waals surface area contributed by atoms with Crippen LogP contribution in [0.15, 0.2) is 52.3 Å². The molecule has 2 saturated carbocycles. The molecule has 2 bridgehead atoms. The number of thiazole rings is 1. The van der Waals surface area contributed by atoms with Crippen molar-refractivity contribution in [2.75, 3.05) is 31.7 Å². The third-order valence-corrected chi connectivity index (χ3v) is 13.2. The number of thioether (sulfide) groups is 1. The molecule has 7 atom stereocenters. The van der Waals surface area contributed by atoms with Crippen LogP contribution in [0.1, 0.15) is 42.0 Å². The largest absolute Gasteiger partial charge is 0.497 e. The fraction of sp³-hybridized carbons (Fsp3) is 0.455. The first kappa shape index (κ1) is 29.1. The molecule has 1 N–H and O–H groups in total. The summed E-state index contributed by atoms with van der Waals surface area (Å²) in [6.45, 7) is 1.40. The van der Waals surface area contributed by atoms with Gasteiger partial charge in [-0.15, -0.1) is 11.8 Å². The van der Waals surface area contributed by atoms with Gasteiger partial charge >= 0.3 is 4.87 Å². The molecule has 6 unspecified atom stereocenters. The maximum atomic E-state index is 14.1. The number of hydrogen-bond acceptors (Lipinski definition) is 8. The van der Waals surface area contributed by atoms with E-state index in [0.29, 0.717) is 22.2 Å². The Morgan fingerprint density at radius 1 is 1.00 bits per heavy atom. The third-order valence-electron chi connectivity index (χ3n) is 10.4. The number of likely N-dealkylation sites (tertiary alicyclic amines) is 1. The summed E-state index contributed by atoms with van der Waals surface area (Å²) < 4.78 is 11.5. The van der Waals surface area contributed by atoms with Crippen molar-refractivity contribution in [1.29, 1.82) is 0 Å². The van der Waals surface area contributed by atoms with Crippen LogP contribution in [0.3, 0.4) is 0 Å². The second kappa shape index (κ2) is 11.2. The molecule has 4 fully saturated rings. The SMILES string of the molecule is COc1ccc(N2C(=O)C3C4CC(C3C2=O)C2C4Sc3[nH]c(=O)sc3[C@@H]2c2cc(Cl)ccc2OCC(=O)N2CCCCC2)cc1. The van der Waals surface area contributed by atoms with Crippen LogP contribution in [0.4, 0.5) is 5.69 Å². The number of nitrogens with zero attached hydrogens (tertiary/aromatic N) is 2. The number of amides is 3. The van der Waals surface area contributed by atoms with Crippen molar-refractivity contribution in [1.82, 2.24) is 9.88 Å². The minimum atomic E-state index is -0.435. The molecule has 3 amide bonds. The molecule has 3 aromatic rings. The van der Waals surface area contributed by atoms with Crippen LogP contribution in [0.25, 0.3) is 0 Å². The molecule has 2 aliphatic carbocycles. The number of fused-ring (bicyclic) bond motifs is 9. The molecule has 0 radical (unpaired) electrons. The van der Waals surface area contributed by atoms with Crippen molar-refractivity contribution in [3.05, 3.63) is 67.6 Å². The third kappa shape index (κ3) is 4.64. The van der Waals surface area contributed by atoms with Gasteiger partial charge in [0.1, 0.15) is 11.5 Å². The summed E-state index contributed by atoms with van der Waals surface area (Å²) >= 11 is 9.41. The number of carbonyl (C=O) groups is 3. The van der Waals surface area contributed by atoms with Gasteiger partial charge < -0.3 is 19.4 Å². The number of rotatable bonds is 6. The highest BCUT2D eigenvalue weighted by atomic mass is 35.5. The standard InChI is InChI=1S/C33H32ClN3O6S2/c1-42-18-8-6-17(7-9-18)37-31(39)26-20-14-21(27(26)32(37)40)28-25(20)24(29-30(44-28)35-33(41)45-29)19-13-16(34)5-10-22(19)43-15-23(38)36-11-3-2-4-12-36/h5-10,13,20-21,24-28H,2-4,11-12,14-15H2,1H3,(H,35,41)/t20?,21?,24-,25?,26?,27?,28?/m1/s1. The van der Waals surface area contributed by atoms with Gasteiger partial charge in [0.15, 0.2) is 6.61 Å². The Bertz CT molecular complexity index is 1750. The number of carbonyl (C=O) groups excluding carboxylic acids is 3. The summed E-state index contributed by atoms with van der Waals surface area (Å²) in [6, 6.07) is 12.5. The van der Waals surface area contributed by atoms with E-state index in [1.807, 2.05) is 11.0 Å². The van der Waals surface area contributed by atoms with Crippen LogP contribution < -0.4 is 19.2 Å². The Morgan fingerprint density at radius 2 is 1.73 bits per heavy atom. The van der Waals surface area contributed by atoms with Crippen molar-refractivity contribution >= 4 is 58.1 Å². The van der Waals surface area contributed by atoms with E-state index in [1.165, 1.54) is 16.2 Å². The molecule has 9 nitrogen and oxygen atoms in total.